The van der Waals surface area contributed by atoms with E-state index in [0.29, 0.717) is 11.4 Å². The van der Waals surface area contributed by atoms with Gasteiger partial charge in [-0.1, -0.05) is 11.6 Å². The van der Waals surface area contributed by atoms with Crippen LogP contribution in [0.3, 0.4) is 0 Å². The Morgan fingerprint density at radius 1 is 1.26 bits per heavy atom. The van der Waals surface area contributed by atoms with Crippen LogP contribution in [0.4, 0.5) is 0 Å². The predicted molar refractivity (Wildman–Crippen MR) is 70.7 cm³/mol. The molecule has 0 aliphatic rings. The summed E-state index contributed by atoms with van der Waals surface area (Å²) >= 11 is 0. The second-order valence-electron chi connectivity index (χ2n) is 4.12. The second kappa shape index (κ2) is 4.97. The molecule has 0 aliphatic carbocycles. The molecule has 0 unspecified atom stereocenters. The number of hydrogen-bond acceptors (Lipinski definition) is 3. The molecule has 0 saturated heterocycles. The van der Waals surface area contributed by atoms with Crippen LogP contribution in [0.15, 0.2) is 35.1 Å². The van der Waals surface area contributed by atoms with Crippen molar-refractivity contribution in [2.75, 3.05) is 7.11 Å². The number of carboxylic acids is 1. The van der Waals surface area contributed by atoms with Crippen LogP contribution in [0.25, 0.3) is 11.3 Å². The van der Waals surface area contributed by atoms with Crippen molar-refractivity contribution < 1.29 is 14.6 Å². The fourth-order valence-corrected chi connectivity index (χ4v) is 1.83. The van der Waals surface area contributed by atoms with Gasteiger partial charge in [0.15, 0.2) is 0 Å². The minimum atomic E-state index is -1.25. The van der Waals surface area contributed by atoms with Crippen molar-refractivity contribution >= 4 is 5.97 Å². The Bertz CT molecular complexity index is 688. The van der Waals surface area contributed by atoms with Gasteiger partial charge in [-0.2, -0.15) is 0 Å². The molecule has 2 N–H and O–H groups in total. The monoisotopic (exact) mass is 259 g/mol. The summed E-state index contributed by atoms with van der Waals surface area (Å²) in [7, 11) is 1.54. The summed E-state index contributed by atoms with van der Waals surface area (Å²) in [4.78, 5) is 25.0. The van der Waals surface area contributed by atoms with Crippen molar-refractivity contribution in [3.8, 4) is 17.0 Å². The van der Waals surface area contributed by atoms with Crippen molar-refractivity contribution in [2.45, 2.75) is 6.92 Å². The molecule has 2 rings (SSSR count). The average Bonchev–Trinajstić information content (AvgIpc) is 2.38. The van der Waals surface area contributed by atoms with Crippen LogP contribution in [0.5, 0.6) is 5.75 Å². The highest BCUT2D eigenvalue weighted by Crippen LogP contribution is 2.28. The Labute approximate surface area is 109 Å². The summed E-state index contributed by atoms with van der Waals surface area (Å²) in [5.41, 5.74) is 1.34. The molecule has 2 aromatic rings. The number of ether oxygens (including phenoxy) is 1. The van der Waals surface area contributed by atoms with Crippen LogP contribution in [-0.2, 0) is 0 Å². The molecule has 1 aromatic carbocycles. The maximum atomic E-state index is 11.7. The number of rotatable bonds is 3. The van der Waals surface area contributed by atoms with E-state index in [0.717, 1.165) is 11.1 Å². The van der Waals surface area contributed by atoms with E-state index < -0.39 is 11.5 Å². The van der Waals surface area contributed by atoms with E-state index in [2.05, 4.69) is 4.98 Å². The molecule has 0 atom stereocenters. The SMILES string of the molecule is COc1ccc(C)cc1-c1ccc(C(=O)O)c(=O)[nH]1. The third kappa shape index (κ3) is 2.49. The highest BCUT2D eigenvalue weighted by Gasteiger charge is 2.12. The van der Waals surface area contributed by atoms with Crippen molar-refractivity contribution in [1.29, 1.82) is 0 Å². The number of methoxy groups -OCH3 is 1. The van der Waals surface area contributed by atoms with Crippen molar-refractivity contribution in [2.24, 2.45) is 0 Å². The molecule has 0 aliphatic heterocycles. The molecule has 5 nitrogen and oxygen atoms in total. The van der Waals surface area contributed by atoms with Crippen LogP contribution in [-0.4, -0.2) is 23.2 Å². The highest BCUT2D eigenvalue weighted by molar-refractivity contribution is 5.87. The largest absolute Gasteiger partial charge is 0.496 e. The van der Waals surface area contributed by atoms with Crippen LogP contribution >= 0.6 is 0 Å². The topological polar surface area (TPSA) is 79.4 Å². The number of aromatic amines is 1. The number of aryl methyl sites for hydroxylation is 1. The second-order valence-corrected chi connectivity index (χ2v) is 4.12. The molecule has 0 radical (unpaired) electrons. The van der Waals surface area contributed by atoms with Gasteiger partial charge in [0.25, 0.3) is 5.56 Å². The van der Waals surface area contributed by atoms with Gasteiger partial charge in [0.1, 0.15) is 11.3 Å². The van der Waals surface area contributed by atoms with Crippen LogP contribution in [0.1, 0.15) is 15.9 Å². The zero-order chi connectivity index (χ0) is 14.0. The average molecular weight is 259 g/mol. The maximum absolute atomic E-state index is 11.7. The molecule has 98 valence electrons. The van der Waals surface area contributed by atoms with E-state index in [1.165, 1.54) is 13.2 Å². The summed E-state index contributed by atoms with van der Waals surface area (Å²) in [6.07, 6.45) is 0. The number of benzene rings is 1. The Morgan fingerprint density at radius 3 is 2.58 bits per heavy atom. The number of hydrogen-bond donors (Lipinski definition) is 2. The summed E-state index contributed by atoms with van der Waals surface area (Å²) in [5.74, 6) is -0.631. The zero-order valence-electron chi connectivity index (χ0n) is 10.6. The summed E-state index contributed by atoms with van der Waals surface area (Å²) < 4.78 is 5.23. The highest BCUT2D eigenvalue weighted by atomic mass is 16.5. The van der Waals surface area contributed by atoms with Crippen molar-refractivity contribution in [1.82, 2.24) is 4.98 Å². The quantitative estimate of drug-likeness (QED) is 0.884. The Balaban J connectivity index is 2.60. The third-order valence-corrected chi connectivity index (χ3v) is 2.79. The fourth-order valence-electron chi connectivity index (χ4n) is 1.83. The lowest BCUT2D eigenvalue weighted by Crippen LogP contribution is -2.17. The van der Waals surface area contributed by atoms with Crippen LogP contribution < -0.4 is 10.3 Å². The minimum Gasteiger partial charge on any atom is -0.496 e. The van der Waals surface area contributed by atoms with E-state index in [1.807, 2.05) is 19.1 Å². The zero-order valence-corrected chi connectivity index (χ0v) is 10.6. The number of carboxylic acid groups (broad SMARTS) is 1. The fraction of sp³-hybridized carbons (Fsp3) is 0.143. The molecule has 0 saturated carbocycles. The molecule has 0 amide bonds. The smallest absolute Gasteiger partial charge is 0.341 e. The van der Waals surface area contributed by atoms with Gasteiger partial charge in [-0.3, -0.25) is 4.79 Å². The first kappa shape index (κ1) is 12.9. The number of aromatic nitrogens is 1. The first-order chi connectivity index (χ1) is 9.02. The Kier molecular flexibility index (Phi) is 3.37. The van der Waals surface area contributed by atoms with Crippen LogP contribution in [0, 0.1) is 6.92 Å². The van der Waals surface area contributed by atoms with E-state index in [-0.39, 0.29) is 5.56 Å². The van der Waals surface area contributed by atoms with Gasteiger partial charge in [0.2, 0.25) is 0 Å². The third-order valence-electron chi connectivity index (χ3n) is 2.79. The lowest BCUT2D eigenvalue weighted by atomic mass is 10.1. The van der Waals surface area contributed by atoms with Gasteiger partial charge in [-0.25, -0.2) is 4.79 Å². The molecular weight excluding hydrogens is 246 g/mol. The van der Waals surface area contributed by atoms with E-state index >= 15 is 0 Å². The Hall–Kier alpha value is -2.56. The number of aromatic carboxylic acids is 1. The van der Waals surface area contributed by atoms with Crippen LogP contribution in [0.2, 0.25) is 0 Å². The first-order valence-electron chi connectivity index (χ1n) is 5.64. The minimum absolute atomic E-state index is 0.282. The molecule has 0 bridgehead atoms. The standard InChI is InChI=1S/C14H13NO4/c1-8-3-6-12(19-2)10(7-8)11-5-4-9(14(17)18)13(16)15-11/h3-7H,1-2H3,(H,15,16)(H,17,18). The van der Waals surface area contributed by atoms with E-state index in [4.69, 9.17) is 9.84 Å². The summed E-state index contributed by atoms with van der Waals surface area (Å²) in [6, 6.07) is 8.41. The molecule has 5 heteroatoms. The molecule has 1 aromatic heterocycles. The molecule has 0 fully saturated rings. The van der Waals surface area contributed by atoms with Gasteiger partial charge < -0.3 is 14.8 Å². The molecule has 1 heterocycles. The number of nitrogens with one attached hydrogen (secondary N) is 1. The molecular formula is C14H13NO4. The van der Waals surface area contributed by atoms with Crippen molar-refractivity contribution in [3.63, 3.8) is 0 Å². The Morgan fingerprint density at radius 2 is 2.00 bits per heavy atom. The predicted octanol–water partition coefficient (Wildman–Crippen LogP) is 2.06. The van der Waals surface area contributed by atoms with Gasteiger partial charge in [0, 0.05) is 5.56 Å². The first-order valence-corrected chi connectivity index (χ1v) is 5.64. The number of carbonyl (C=O) groups is 1. The van der Waals surface area contributed by atoms with Gasteiger partial charge in [0.05, 0.1) is 12.8 Å². The number of pyridine rings is 1. The van der Waals surface area contributed by atoms with Gasteiger partial charge >= 0.3 is 5.97 Å². The summed E-state index contributed by atoms with van der Waals surface area (Å²) in [5, 5.41) is 8.83. The molecule has 0 spiro atoms. The normalized spacial score (nSPS) is 10.2. The van der Waals surface area contributed by atoms with Crippen molar-refractivity contribution in [3.05, 3.63) is 51.8 Å². The van der Waals surface area contributed by atoms with E-state index in [1.54, 1.807) is 12.1 Å². The lowest BCUT2D eigenvalue weighted by molar-refractivity contribution is 0.0695. The maximum Gasteiger partial charge on any atom is 0.341 e. The molecule has 19 heavy (non-hydrogen) atoms. The van der Waals surface area contributed by atoms with Gasteiger partial charge in [-0.15, -0.1) is 0 Å². The van der Waals surface area contributed by atoms with E-state index in [9.17, 15) is 9.59 Å². The number of H-pyrrole nitrogens is 1. The van der Waals surface area contributed by atoms with Gasteiger partial charge in [-0.05, 0) is 31.2 Å². The lowest BCUT2D eigenvalue weighted by Gasteiger charge is -2.09. The summed E-state index contributed by atoms with van der Waals surface area (Å²) in [6.45, 7) is 1.92.